The molecule has 0 aromatic carbocycles. The Balaban J connectivity index is 1.07. The number of carbonyl (C=O) groups excluding carboxylic acids is 1. The number of fused-ring (bicyclic) bond motifs is 4. The molecule has 0 bridgehead atoms. The number of likely N-dealkylation sites (N-methyl/N-ethyl adjacent to an activating group) is 1. The van der Waals surface area contributed by atoms with Crippen LogP contribution in [0.2, 0.25) is 0 Å². The summed E-state index contributed by atoms with van der Waals surface area (Å²) in [6, 6.07) is 6.13. The number of rotatable bonds is 5. The molecule has 1 aliphatic carbocycles. The standard InChI is InChI=1S/C31H34N10O/c1-39-8-10-40(11-9-39)29-24-17-34-28(37-25(24)6-7-33-29)27-23-13-21(15-35-30(23)41-18-26(41)38-27)20-12-22(16-32-14-20)36-31(42)19-4-2-3-5-19/h6-7,12-16,19,26H,2-5,8-11,17-18H2,1H3,(H,34,37)(H,36,42). The quantitative estimate of drug-likeness (QED) is 0.455. The number of carbonyl (C=O) groups is 1. The average Bonchev–Trinajstić information content (AvgIpc) is 3.60. The monoisotopic (exact) mass is 562 g/mol. The molecule has 1 atom stereocenters. The highest BCUT2D eigenvalue weighted by molar-refractivity contribution is 6.52. The first-order valence-corrected chi connectivity index (χ1v) is 14.9. The number of nitrogens with one attached hydrogen (secondary N) is 2. The van der Waals surface area contributed by atoms with Gasteiger partial charge < -0.3 is 25.3 Å². The van der Waals surface area contributed by atoms with Crippen LogP contribution in [-0.4, -0.2) is 83.2 Å². The van der Waals surface area contributed by atoms with Crippen molar-refractivity contribution in [1.82, 2.24) is 19.9 Å². The van der Waals surface area contributed by atoms with Crippen molar-refractivity contribution in [2.45, 2.75) is 38.4 Å². The molecule has 2 saturated heterocycles. The maximum atomic E-state index is 12.7. The van der Waals surface area contributed by atoms with Gasteiger partial charge in [0, 0.05) is 72.9 Å². The Hall–Kier alpha value is -4.38. The number of aliphatic imine (C=N–C) groups is 2. The number of hydrogen-bond donors (Lipinski definition) is 2. The number of nitrogens with zero attached hydrogens (tertiary/aromatic N) is 8. The van der Waals surface area contributed by atoms with E-state index in [-0.39, 0.29) is 18.0 Å². The van der Waals surface area contributed by atoms with Crippen LogP contribution < -0.4 is 20.4 Å². The van der Waals surface area contributed by atoms with E-state index in [9.17, 15) is 4.79 Å². The van der Waals surface area contributed by atoms with Crippen LogP contribution in [0.15, 0.2) is 53.0 Å². The number of anilines is 4. The second-order valence-corrected chi connectivity index (χ2v) is 11.9. The Labute approximate surface area is 244 Å². The van der Waals surface area contributed by atoms with Crippen molar-refractivity contribution in [3.8, 4) is 11.1 Å². The maximum absolute atomic E-state index is 12.7. The lowest BCUT2D eigenvalue weighted by Gasteiger charge is -2.35. The molecule has 8 rings (SSSR count). The fourth-order valence-corrected chi connectivity index (χ4v) is 6.50. The van der Waals surface area contributed by atoms with Crippen LogP contribution in [0.25, 0.3) is 11.1 Å². The van der Waals surface area contributed by atoms with Gasteiger partial charge in [-0.25, -0.2) is 9.97 Å². The number of pyridine rings is 3. The number of amidine groups is 1. The van der Waals surface area contributed by atoms with Crippen LogP contribution in [0, 0.1) is 5.92 Å². The number of amides is 1. The van der Waals surface area contributed by atoms with Crippen molar-refractivity contribution in [3.63, 3.8) is 0 Å². The molecule has 1 amide bonds. The third-order valence-electron chi connectivity index (χ3n) is 9.03. The van der Waals surface area contributed by atoms with Gasteiger partial charge in [0.05, 0.1) is 30.7 Å². The van der Waals surface area contributed by atoms with Crippen molar-refractivity contribution >= 4 is 40.5 Å². The Morgan fingerprint density at radius 1 is 1.00 bits per heavy atom. The number of piperazine rings is 1. The average molecular weight is 563 g/mol. The highest BCUT2D eigenvalue weighted by Gasteiger charge is 2.42. The van der Waals surface area contributed by atoms with E-state index in [0.29, 0.717) is 12.2 Å². The third-order valence-corrected chi connectivity index (χ3v) is 9.03. The number of hydrogen-bond acceptors (Lipinski definition) is 10. The topological polar surface area (TPSA) is 114 Å². The van der Waals surface area contributed by atoms with Gasteiger partial charge in [0.2, 0.25) is 5.91 Å². The Bertz CT molecular complexity index is 1620. The lowest BCUT2D eigenvalue weighted by Crippen LogP contribution is -2.45. The van der Waals surface area contributed by atoms with Gasteiger partial charge in [0.1, 0.15) is 23.5 Å². The summed E-state index contributed by atoms with van der Waals surface area (Å²) in [5.41, 5.74) is 6.47. The molecule has 7 heterocycles. The van der Waals surface area contributed by atoms with Gasteiger partial charge >= 0.3 is 0 Å². The smallest absolute Gasteiger partial charge is 0.227 e. The van der Waals surface area contributed by atoms with Gasteiger partial charge in [0.25, 0.3) is 0 Å². The van der Waals surface area contributed by atoms with E-state index in [1.54, 1.807) is 6.20 Å². The molecule has 4 aliphatic heterocycles. The van der Waals surface area contributed by atoms with E-state index >= 15 is 0 Å². The lowest BCUT2D eigenvalue weighted by atomic mass is 10.0. The first-order valence-electron chi connectivity index (χ1n) is 14.9. The highest BCUT2D eigenvalue weighted by Crippen LogP contribution is 2.39. The van der Waals surface area contributed by atoms with Crippen LogP contribution in [0.1, 0.15) is 36.8 Å². The lowest BCUT2D eigenvalue weighted by molar-refractivity contribution is -0.119. The van der Waals surface area contributed by atoms with E-state index in [1.165, 1.54) is 0 Å². The summed E-state index contributed by atoms with van der Waals surface area (Å²) in [6.45, 7) is 5.38. The SMILES string of the molecule is CN1CCN(c2nccc3c2CN=C(C2=NC4CN4c4ncc(-c5cncc(NC(=O)C6CCCC6)c5)cc42)N3)CC1. The zero-order valence-corrected chi connectivity index (χ0v) is 23.8. The van der Waals surface area contributed by atoms with E-state index < -0.39 is 0 Å². The summed E-state index contributed by atoms with van der Waals surface area (Å²) in [5.74, 6) is 2.90. The largest absolute Gasteiger partial charge is 0.354 e. The van der Waals surface area contributed by atoms with Crippen LogP contribution in [0.5, 0.6) is 0 Å². The van der Waals surface area contributed by atoms with Crippen LogP contribution in [0.3, 0.4) is 0 Å². The summed E-state index contributed by atoms with van der Waals surface area (Å²) < 4.78 is 0. The minimum atomic E-state index is 0.0876. The fourth-order valence-electron chi connectivity index (χ4n) is 6.50. The molecule has 3 aromatic heterocycles. The van der Waals surface area contributed by atoms with Crippen molar-refractivity contribution < 1.29 is 4.79 Å². The Morgan fingerprint density at radius 2 is 1.83 bits per heavy atom. The second kappa shape index (κ2) is 10.2. The van der Waals surface area contributed by atoms with Crippen molar-refractivity contribution in [3.05, 3.63) is 54.1 Å². The predicted molar refractivity (Wildman–Crippen MR) is 164 cm³/mol. The van der Waals surface area contributed by atoms with Crippen molar-refractivity contribution in [2.75, 3.05) is 60.2 Å². The zero-order valence-electron chi connectivity index (χ0n) is 23.8. The molecule has 2 N–H and O–H groups in total. The molecule has 214 valence electrons. The molecule has 0 spiro atoms. The third kappa shape index (κ3) is 4.57. The molecular formula is C31H34N10O. The van der Waals surface area contributed by atoms with E-state index in [4.69, 9.17) is 20.0 Å². The van der Waals surface area contributed by atoms with Crippen molar-refractivity contribution in [1.29, 1.82) is 0 Å². The Kier molecular flexibility index (Phi) is 6.13. The van der Waals surface area contributed by atoms with Crippen molar-refractivity contribution in [2.24, 2.45) is 15.9 Å². The first-order chi connectivity index (χ1) is 20.6. The maximum Gasteiger partial charge on any atom is 0.227 e. The molecule has 11 nitrogen and oxygen atoms in total. The molecule has 5 aliphatic rings. The molecular weight excluding hydrogens is 528 g/mol. The molecule has 42 heavy (non-hydrogen) atoms. The van der Waals surface area contributed by atoms with Gasteiger partial charge in [-0.3, -0.25) is 19.8 Å². The molecule has 3 aromatic rings. The predicted octanol–water partition coefficient (Wildman–Crippen LogP) is 3.39. The molecule has 1 saturated carbocycles. The second-order valence-electron chi connectivity index (χ2n) is 11.9. The summed E-state index contributed by atoms with van der Waals surface area (Å²) >= 11 is 0. The molecule has 1 unspecified atom stereocenters. The summed E-state index contributed by atoms with van der Waals surface area (Å²) in [4.78, 5) is 43.7. The van der Waals surface area contributed by atoms with Gasteiger partial charge in [-0.05, 0) is 38.1 Å². The molecule has 0 radical (unpaired) electrons. The van der Waals surface area contributed by atoms with Crippen LogP contribution >= 0.6 is 0 Å². The molecule has 3 fully saturated rings. The van der Waals surface area contributed by atoms with E-state index in [1.807, 2.05) is 30.7 Å². The van der Waals surface area contributed by atoms with Crippen LogP contribution in [-0.2, 0) is 11.3 Å². The van der Waals surface area contributed by atoms with Crippen LogP contribution in [0.4, 0.5) is 23.0 Å². The minimum Gasteiger partial charge on any atom is -0.354 e. The minimum absolute atomic E-state index is 0.0876. The van der Waals surface area contributed by atoms with Gasteiger partial charge in [0.15, 0.2) is 5.84 Å². The van der Waals surface area contributed by atoms with Gasteiger partial charge in [-0.1, -0.05) is 12.8 Å². The highest BCUT2D eigenvalue weighted by atomic mass is 16.1. The summed E-state index contributed by atoms with van der Waals surface area (Å²) in [5, 5.41) is 6.66. The van der Waals surface area contributed by atoms with E-state index in [0.717, 1.165) is 110 Å². The normalized spacial score (nSPS) is 21.5. The van der Waals surface area contributed by atoms with E-state index in [2.05, 4.69) is 43.4 Å². The summed E-state index contributed by atoms with van der Waals surface area (Å²) in [7, 11) is 2.16. The zero-order chi connectivity index (χ0) is 28.2. The van der Waals surface area contributed by atoms with Gasteiger partial charge in [-0.2, -0.15) is 0 Å². The van der Waals surface area contributed by atoms with Gasteiger partial charge in [-0.15, -0.1) is 0 Å². The fraction of sp³-hybridized carbons (Fsp3) is 0.419. The molecule has 11 heteroatoms. The Morgan fingerprint density at radius 3 is 2.69 bits per heavy atom. The number of aromatic nitrogens is 3. The first kappa shape index (κ1) is 25.3. The summed E-state index contributed by atoms with van der Waals surface area (Å²) in [6.07, 6.45) is 11.6.